The summed E-state index contributed by atoms with van der Waals surface area (Å²) in [6.45, 7) is 6.40. The molecule has 1 N–H and O–H groups in total. The van der Waals surface area contributed by atoms with E-state index in [1.165, 1.54) is 32.0 Å². The van der Waals surface area contributed by atoms with E-state index in [9.17, 15) is 10.1 Å². The fourth-order valence-electron chi connectivity index (χ4n) is 2.48. The monoisotopic (exact) mass is 278 g/mol. The molecular weight excluding hydrogens is 256 g/mol. The van der Waals surface area contributed by atoms with Crippen LogP contribution in [0, 0.1) is 16.0 Å². The summed E-state index contributed by atoms with van der Waals surface area (Å²) in [5.74, 6) is 1.21. The van der Waals surface area contributed by atoms with E-state index in [0.29, 0.717) is 12.4 Å². The third kappa shape index (κ3) is 4.16. The van der Waals surface area contributed by atoms with Crippen molar-refractivity contribution < 1.29 is 4.92 Å². The maximum atomic E-state index is 10.8. The van der Waals surface area contributed by atoms with Gasteiger partial charge in [0, 0.05) is 18.8 Å². The molecule has 6 nitrogen and oxygen atoms in total. The minimum absolute atomic E-state index is 0.0410. The lowest BCUT2D eigenvalue weighted by Gasteiger charge is -2.30. The summed E-state index contributed by atoms with van der Waals surface area (Å²) in [6.07, 6.45) is 5.10. The Labute approximate surface area is 119 Å². The molecular formula is C14H22N4O2. The van der Waals surface area contributed by atoms with Crippen LogP contribution >= 0.6 is 0 Å². The van der Waals surface area contributed by atoms with E-state index in [-0.39, 0.29) is 5.69 Å². The minimum Gasteiger partial charge on any atom is -0.364 e. The van der Waals surface area contributed by atoms with Crippen molar-refractivity contribution in [2.75, 3.05) is 31.5 Å². The number of hydrogen-bond acceptors (Lipinski definition) is 5. The first-order valence-corrected chi connectivity index (χ1v) is 7.22. The van der Waals surface area contributed by atoms with Gasteiger partial charge in [-0.2, -0.15) is 0 Å². The molecule has 1 aromatic rings. The van der Waals surface area contributed by atoms with Gasteiger partial charge in [0.25, 0.3) is 0 Å². The predicted molar refractivity (Wildman–Crippen MR) is 78.8 cm³/mol. The predicted octanol–water partition coefficient (Wildman–Crippen LogP) is 2.52. The van der Waals surface area contributed by atoms with Crippen molar-refractivity contribution in [2.45, 2.75) is 26.2 Å². The molecule has 1 saturated heterocycles. The number of hydrogen-bond donors (Lipinski definition) is 1. The number of likely N-dealkylation sites (tertiary alicyclic amines) is 1. The number of pyridine rings is 1. The van der Waals surface area contributed by atoms with Gasteiger partial charge in [-0.1, -0.05) is 6.92 Å². The summed E-state index contributed by atoms with van der Waals surface area (Å²) in [5, 5.41) is 13.9. The first kappa shape index (κ1) is 14.7. The standard InChI is InChI=1S/C14H22N4O2/c1-12-5-10-17(11-6-12)9-3-8-16-14-13(18(19)20)4-2-7-15-14/h2,4,7,12H,3,5-6,8-11H2,1H3,(H,15,16). The second kappa shape index (κ2) is 7.19. The zero-order valence-electron chi connectivity index (χ0n) is 11.9. The van der Waals surface area contributed by atoms with E-state index in [2.05, 4.69) is 22.1 Å². The first-order chi connectivity index (χ1) is 9.66. The van der Waals surface area contributed by atoms with Gasteiger partial charge < -0.3 is 10.2 Å². The first-order valence-electron chi connectivity index (χ1n) is 7.22. The average Bonchev–Trinajstić information content (AvgIpc) is 2.46. The third-order valence-corrected chi connectivity index (χ3v) is 3.80. The molecule has 0 radical (unpaired) electrons. The zero-order valence-corrected chi connectivity index (χ0v) is 11.9. The summed E-state index contributed by atoms with van der Waals surface area (Å²) in [6, 6.07) is 3.06. The molecule has 0 unspecified atom stereocenters. The Morgan fingerprint density at radius 1 is 1.50 bits per heavy atom. The van der Waals surface area contributed by atoms with Gasteiger partial charge in [-0.3, -0.25) is 10.1 Å². The number of rotatable bonds is 6. The summed E-state index contributed by atoms with van der Waals surface area (Å²) < 4.78 is 0. The summed E-state index contributed by atoms with van der Waals surface area (Å²) in [4.78, 5) is 16.9. The molecule has 2 heterocycles. The summed E-state index contributed by atoms with van der Waals surface area (Å²) in [5.41, 5.74) is 0.0410. The van der Waals surface area contributed by atoms with Crippen LogP contribution in [0.3, 0.4) is 0 Å². The maximum absolute atomic E-state index is 10.8. The Morgan fingerprint density at radius 3 is 2.95 bits per heavy atom. The van der Waals surface area contributed by atoms with Crippen LogP contribution in [-0.2, 0) is 0 Å². The number of aromatic nitrogens is 1. The molecule has 0 amide bonds. The lowest BCUT2D eigenvalue weighted by Crippen LogP contribution is -2.34. The highest BCUT2D eigenvalue weighted by molar-refractivity contribution is 5.54. The molecule has 1 fully saturated rings. The average molecular weight is 278 g/mol. The number of nitro groups is 1. The molecule has 0 spiro atoms. The highest BCUT2D eigenvalue weighted by atomic mass is 16.6. The molecule has 0 atom stereocenters. The molecule has 1 aliphatic rings. The highest BCUT2D eigenvalue weighted by Crippen LogP contribution is 2.20. The van der Waals surface area contributed by atoms with E-state index in [1.54, 1.807) is 12.3 Å². The minimum atomic E-state index is -0.401. The lowest BCUT2D eigenvalue weighted by atomic mass is 9.99. The normalized spacial score (nSPS) is 17.1. The second-order valence-electron chi connectivity index (χ2n) is 5.43. The highest BCUT2D eigenvalue weighted by Gasteiger charge is 2.16. The van der Waals surface area contributed by atoms with Crippen molar-refractivity contribution >= 4 is 11.5 Å². The van der Waals surface area contributed by atoms with Gasteiger partial charge in [0.1, 0.15) is 0 Å². The van der Waals surface area contributed by atoms with Crippen molar-refractivity contribution in [1.82, 2.24) is 9.88 Å². The Kier molecular flexibility index (Phi) is 5.29. The van der Waals surface area contributed by atoms with Crippen molar-refractivity contribution in [1.29, 1.82) is 0 Å². The van der Waals surface area contributed by atoms with Crippen molar-refractivity contribution in [2.24, 2.45) is 5.92 Å². The van der Waals surface area contributed by atoms with Gasteiger partial charge in [0.05, 0.1) is 4.92 Å². The number of piperidine rings is 1. The molecule has 0 aliphatic carbocycles. The molecule has 1 aromatic heterocycles. The fourth-order valence-corrected chi connectivity index (χ4v) is 2.48. The van der Waals surface area contributed by atoms with Gasteiger partial charge in [-0.15, -0.1) is 0 Å². The van der Waals surface area contributed by atoms with E-state index < -0.39 is 4.92 Å². The van der Waals surface area contributed by atoms with Gasteiger partial charge >= 0.3 is 5.69 Å². The van der Waals surface area contributed by atoms with E-state index >= 15 is 0 Å². The van der Waals surface area contributed by atoms with Crippen molar-refractivity contribution in [3.05, 3.63) is 28.4 Å². The van der Waals surface area contributed by atoms with Gasteiger partial charge in [-0.25, -0.2) is 4.98 Å². The number of nitrogens with zero attached hydrogens (tertiary/aromatic N) is 3. The van der Waals surface area contributed by atoms with E-state index in [1.807, 2.05) is 0 Å². The van der Waals surface area contributed by atoms with Crippen LogP contribution < -0.4 is 5.32 Å². The molecule has 6 heteroatoms. The van der Waals surface area contributed by atoms with Crippen molar-refractivity contribution in [3.63, 3.8) is 0 Å². The summed E-state index contributed by atoms with van der Waals surface area (Å²) >= 11 is 0. The van der Waals surface area contributed by atoms with Crippen LogP contribution in [0.2, 0.25) is 0 Å². The Morgan fingerprint density at radius 2 is 2.25 bits per heavy atom. The van der Waals surface area contributed by atoms with Gasteiger partial charge in [0.2, 0.25) is 5.82 Å². The molecule has 2 rings (SSSR count). The maximum Gasteiger partial charge on any atom is 0.311 e. The Bertz CT molecular complexity index is 445. The van der Waals surface area contributed by atoms with Gasteiger partial charge in [-0.05, 0) is 50.9 Å². The second-order valence-corrected chi connectivity index (χ2v) is 5.43. The molecule has 0 bridgehead atoms. The Hall–Kier alpha value is -1.69. The number of nitrogens with one attached hydrogen (secondary N) is 1. The molecule has 0 saturated carbocycles. The Balaban J connectivity index is 1.72. The molecule has 110 valence electrons. The largest absolute Gasteiger partial charge is 0.364 e. The topological polar surface area (TPSA) is 71.3 Å². The fraction of sp³-hybridized carbons (Fsp3) is 0.643. The lowest BCUT2D eigenvalue weighted by molar-refractivity contribution is -0.384. The number of anilines is 1. The van der Waals surface area contributed by atoms with Crippen molar-refractivity contribution in [3.8, 4) is 0 Å². The van der Waals surface area contributed by atoms with Gasteiger partial charge in [0.15, 0.2) is 0 Å². The molecule has 0 aromatic carbocycles. The molecule has 20 heavy (non-hydrogen) atoms. The molecule has 1 aliphatic heterocycles. The van der Waals surface area contributed by atoms with Crippen LogP contribution in [-0.4, -0.2) is 41.0 Å². The third-order valence-electron chi connectivity index (χ3n) is 3.80. The van der Waals surface area contributed by atoms with Crippen LogP contribution in [0.25, 0.3) is 0 Å². The van der Waals surface area contributed by atoms with E-state index in [4.69, 9.17) is 0 Å². The zero-order chi connectivity index (χ0) is 14.4. The SMILES string of the molecule is CC1CCN(CCCNc2ncccc2[N+](=O)[O-])CC1. The van der Waals surface area contributed by atoms with E-state index in [0.717, 1.165) is 18.9 Å². The smallest absolute Gasteiger partial charge is 0.311 e. The van der Waals surface area contributed by atoms with Crippen LogP contribution in [0.1, 0.15) is 26.2 Å². The van der Waals surface area contributed by atoms with Crippen LogP contribution in [0.4, 0.5) is 11.5 Å². The quantitative estimate of drug-likeness (QED) is 0.492. The van der Waals surface area contributed by atoms with Crippen LogP contribution in [0.15, 0.2) is 18.3 Å². The summed E-state index contributed by atoms with van der Waals surface area (Å²) in [7, 11) is 0. The van der Waals surface area contributed by atoms with Crippen LogP contribution in [0.5, 0.6) is 0 Å².